The van der Waals surface area contributed by atoms with Crippen LogP contribution < -0.4 is 4.74 Å². The van der Waals surface area contributed by atoms with Crippen LogP contribution in [0.5, 0.6) is 11.5 Å². The molecule has 0 amide bonds. The van der Waals surface area contributed by atoms with E-state index in [9.17, 15) is 0 Å². The van der Waals surface area contributed by atoms with Crippen molar-refractivity contribution in [1.82, 2.24) is 0 Å². The Morgan fingerprint density at radius 1 is 1.10 bits per heavy atom. The van der Waals surface area contributed by atoms with Gasteiger partial charge < -0.3 is 4.74 Å². The number of ether oxygens (including phenoxy) is 1. The zero-order valence-corrected chi connectivity index (χ0v) is 13.9. The summed E-state index contributed by atoms with van der Waals surface area (Å²) in [6.45, 7) is 2.21. The normalized spacial score (nSPS) is 10.6. The second-order valence-corrected chi connectivity index (χ2v) is 5.73. The maximum Gasteiger partial charge on any atom is 0.131 e. The summed E-state index contributed by atoms with van der Waals surface area (Å²) in [5, 5.41) is 1.44. The zero-order chi connectivity index (χ0) is 14.4. The van der Waals surface area contributed by atoms with E-state index in [1.165, 1.54) is 18.4 Å². The standard InChI is InChI=1S/C17H18BrClO/c1-2-3-4-13-5-8-16(9-6-13)20-17-10-7-15(19)11-14(17)12-18/h5-11H,2-4,12H2,1H3. The lowest BCUT2D eigenvalue weighted by atomic mass is 10.1. The molecule has 1 nitrogen and oxygen atoms in total. The van der Waals surface area contributed by atoms with Crippen molar-refractivity contribution in [2.24, 2.45) is 0 Å². The lowest BCUT2D eigenvalue weighted by Crippen LogP contribution is -1.90. The third-order valence-corrected chi connectivity index (χ3v) is 3.98. The molecule has 3 heteroatoms. The van der Waals surface area contributed by atoms with E-state index in [2.05, 4.69) is 35.0 Å². The van der Waals surface area contributed by atoms with E-state index < -0.39 is 0 Å². The number of rotatable bonds is 6. The molecule has 0 radical (unpaired) electrons. The van der Waals surface area contributed by atoms with Gasteiger partial charge in [-0.15, -0.1) is 0 Å². The van der Waals surface area contributed by atoms with E-state index in [0.717, 1.165) is 33.8 Å². The first-order chi connectivity index (χ1) is 9.72. The molecule has 0 unspecified atom stereocenters. The Kier molecular flexibility index (Phi) is 5.93. The van der Waals surface area contributed by atoms with Crippen LogP contribution in [-0.2, 0) is 11.8 Å². The van der Waals surface area contributed by atoms with Gasteiger partial charge in [-0.25, -0.2) is 0 Å². The van der Waals surface area contributed by atoms with Crippen LogP contribution in [0.1, 0.15) is 30.9 Å². The van der Waals surface area contributed by atoms with Crippen LogP contribution in [-0.4, -0.2) is 0 Å². The monoisotopic (exact) mass is 352 g/mol. The summed E-state index contributed by atoms with van der Waals surface area (Å²) < 4.78 is 5.93. The van der Waals surface area contributed by atoms with Gasteiger partial charge in [-0.3, -0.25) is 0 Å². The predicted octanol–water partition coefficient (Wildman–Crippen LogP) is 6.37. The number of unbranched alkanes of at least 4 members (excludes halogenated alkanes) is 1. The van der Waals surface area contributed by atoms with Crippen LogP contribution in [0.3, 0.4) is 0 Å². The van der Waals surface area contributed by atoms with Crippen molar-refractivity contribution in [1.29, 1.82) is 0 Å². The van der Waals surface area contributed by atoms with Crippen LogP contribution in [0.15, 0.2) is 42.5 Å². The minimum Gasteiger partial charge on any atom is -0.457 e. The van der Waals surface area contributed by atoms with E-state index in [1.807, 2.05) is 30.3 Å². The maximum atomic E-state index is 5.99. The van der Waals surface area contributed by atoms with Crippen molar-refractivity contribution in [3.63, 3.8) is 0 Å². The average molecular weight is 354 g/mol. The molecule has 106 valence electrons. The number of alkyl halides is 1. The molecule has 0 aliphatic rings. The molecule has 2 aromatic rings. The highest BCUT2D eigenvalue weighted by atomic mass is 79.9. The number of hydrogen-bond donors (Lipinski definition) is 0. The summed E-state index contributed by atoms with van der Waals surface area (Å²) in [4.78, 5) is 0. The third-order valence-electron chi connectivity index (χ3n) is 3.14. The van der Waals surface area contributed by atoms with Gasteiger partial charge in [0.15, 0.2) is 0 Å². The van der Waals surface area contributed by atoms with Gasteiger partial charge in [0, 0.05) is 15.9 Å². The fraction of sp³-hybridized carbons (Fsp3) is 0.294. The molecule has 0 saturated heterocycles. The van der Waals surface area contributed by atoms with Crippen molar-refractivity contribution in [3.05, 3.63) is 58.6 Å². The summed E-state index contributed by atoms with van der Waals surface area (Å²) in [7, 11) is 0. The van der Waals surface area contributed by atoms with Crippen LogP contribution in [0.2, 0.25) is 5.02 Å². The molecule has 2 aromatic carbocycles. The van der Waals surface area contributed by atoms with Gasteiger partial charge in [-0.1, -0.05) is 53.0 Å². The predicted molar refractivity (Wildman–Crippen MR) is 89.2 cm³/mol. The van der Waals surface area contributed by atoms with Crippen LogP contribution in [0.25, 0.3) is 0 Å². The molecule has 0 fully saturated rings. The summed E-state index contributed by atoms with van der Waals surface area (Å²) >= 11 is 9.45. The Hall–Kier alpha value is -0.990. The number of halogens is 2. The molecule has 2 rings (SSSR count). The minimum absolute atomic E-state index is 0.720. The van der Waals surface area contributed by atoms with Gasteiger partial charge in [0.25, 0.3) is 0 Å². The Bertz CT molecular complexity index is 551. The number of benzene rings is 2. The van der Waals surface area contributed by atoms with Gasteiger partial charge >= 0.3 is 0 Å². The Labute approximate surface area is 134 Å². The molecule has 0 spiro atoms. The van der Waals surface area contributed by atoms with Gasteiger partial charge in [0.05, 0.1) is 0 Å². The summed E-state index contributed by atoms with van der Waals surface area (Å²) in [5.74, 6) is 1.70. The van der Waals surface area contributed by atoms with E-state index in [4.69, 9.17) is 16.3 Å². The topological polar surface area (TPSA) is 9.23 Å². The molecule has 0 bridgehead atoms. The van der Waals surface area contributed by atoms with Gasteiger partial charge in [-0.05, 0) is 48.7 Å². The summed E-state index contributed by atoms with van der Waals surface area (Å²) in [6, 6.07) is 14.0. The van der Waals surface area contributed by atoms with Crippen molar-refractivity contribution < 1.29 is 4.74 Å². The zero-order valence-electron chi connectivity index (χ0n) is 11.5. The molecule has 20 heavy (non-hydrogen) atoms. The first-order valence-corrected chi connectivity index (χ1v) is 8.34. The Morgan fingerprint density at radius 2 is 1.85 bits per heavy atom. The molecule has 0 N–H and O–H groups in total. The highest BCUT2D eigenvalue weighted by Crippen LogP contribution is 2.29. The maximum absolute atomic E-state index is 5.99. The minimum atomic E-state index is 0.720. The molecule has 0 aliphatic heterocycles. The quantitative estimate of drug-likeness (QED) is 0.548. The molecule has 0 aromatic heterocycles. The van der Waals surface area contributed by atoms with E-state index in [1.54, 1.807) is 0 Å². The average Bonchev–Trinajstić information content (AvgIpc) is 2.48. The van der Waals surface area contributed by atoms with Crippen molar-refractivity contribution in [3.8, 4) is 11.5 Å². The van der Waals surface area contributed by atoms with Crippen LogP contribution >= 0.6 is 27.5 Å². The Balaban J connectivity index is 2.10. The van der Waals surface area contributed by atoms with Crippen molar-refractivity contribution in [2.75, 3.05) is 0 Å². The second kappa shape index (κ2) is 7.70. The third kappa shape index (κ3) is 4.26. The second-order valence-electron chi connectivity index (χ2n) is 4.74. The van der Waals surface area contributed by atoms with Gasteiger partial charge in [0.2, 0.25) is 0 Å². The van der Waals surface area contributed by atoms with E-state index >= 15 is 0 Å². The largest absolute Gasteiger partial charge is 0.457 e. The number of aryl methyl sites for hydroxylation is 1. The molecular formula is C17H18BrClO. The highest BCUT2D eigenvalue weighted by molar-refractivity contribution is 9.08. The van der Waals surface area contributed by atoms with E-state index in [0.29, 0.717) is 0 Å². The lowest BCUT2D eigenvalue weighted by Gasteiger charge is -2.10. The van der Waals surface area contributed by atoms with Gasteiger partial charge in [0.1, 0.15) is 11.5 Å². The summed E-state index contributed by atoms with van der Waals surface area (Å²) in [6.07, 6.45) is 3.58. The van der Waals surface area contributed by atoms with Crippen molar-refractivity contribution in [2.45, 2.75) is 31.5 Å². The molecule has 0 aliphatic carbocycles. The van der Waals surface area contributed by atoms with Gasteiger partial charge in [-0.2, -0.15) is 0 Å². The molecule has 0 saturated carbocycles. The SMILES string of the molecule is CCCCc1ccc(Oc2ccc(Cl)cc2CBr)cc1. The fourth-order valence-electron chi connectivity index (χ4n) is 1.98. The fourth-order valence-corrected chi connectivity index (χ4v) is 2.62. The molecule has 0 heterocycles. The van der Waals surface area contributed by atoms with Crippen molar-refractivity contribution >= 4 is 27.5 Å². The lowest BCUT2D eigenvalue weighted by molar-refractivity contribution is 0.478. The molecule has 0 atom stereocenters. The van der Waals surface area contributed by atoms with Crippen LogP contribution in [0, 0.1) is 0 Å². The first kappa shape index (κ1) is 15.4. The Morgan fingerprint density at radius 3 is 2.50 bits per heavy atom. The van der Waals surface area contributed by atoms with E-state index in [-0.39, 0.29) is 0 Å². The summed E-state index contributed by atoms with van der Waals surface area (Å²) in [5.41, 5.74) is 2.41. The first-order valence-electron chi connectivity index (χ1n) is 6.84. The smallest absolute Gasteiger partial charge is 0.131 e. The number of hydrogen-bond acceptors (Lipinski definition) is 1. The highest BCUT2D eigenvalue weighted by Gasteiger charge is 2.05. The molecular weight excluding hydrogens is 336 g/mol. The van der Waals surface area contributed by atoms with Crippen LogP contribution in [0.4, 0.5) is 0 Å².